The van der Waals surface area contributed by atoms with Gasteiger partial charge in [-0.2, -0.15) is 0 Å². The Labute approximate surface area is 112 Å². The van der Waals surface area contributed by atoms with E-state index in [0.29, 0.717) is 0 Å². The lowest BCUT2D eigenvalue weighted by atomic mass is 9.90. The van der Waals surface area contributed by atoms with Crippen molar-refractivity contribution in [2.24, 2.45) is 5.92 Å². The third-order valence-corrected chi connectivity index (χ3v) is 4.08. The highest BCUT2D eigenvalue weighted by molar-refractivity contribution is 4.89. The molecule has 0 aromatic heterocycles. The third-order valence-electron chi connectivity index (χ3n) is 4.08. The fourth-order valence-corrected chi connectivity index (χ4v) is 2.89. The molecule has 1 aliphatic carbocycles. The van der Waals surface area contributed by atoms with Crippen LogP contribution in [-0.2, 0) is 9.47 Å². The monoisotopic (exact) mass is 252 g/mol. The number of allylic oxidation sites excluding steroid dienone is 2. The molecule has 0 N–H and O–H groups in total. The Kier molecular flexibility index (Phi) is 6.81. The van der Waals surface area contributed by atoms with Crippen LogP contribution in [0, 0.1) is 5.92 Å². The fraction of sp³-hybridized carbons (Fsp3) is 0.875. The molecule has 0 radical (unpaired) electrons. The molecule has 0 saturated carbocycles. The summed E-state index contributed by atoms with van der Waals surface area (Å²) in [6.07, 6.45) is 17.6. The Morgan fingerprint density at radius 3 is 2.83 bits per heavy atom. The van der Waals surface area contributed by atoms with Crippen LogP contribution >= 0.6 is 0 Å². The first-order chi connectivity index (χ1) is 8.95. The van der Waals surface area contributed by atoms with E-state index in [-0.39, 0.29) is 6.29 Å². The normalized spacial score (nSPS) is 28.4. The van der Waals surface area contributed by atoms with Gasteiger partial charge >= 0.3 is 0 Å². The van der Waals surface area contributed by atoms with E-state index in [9.17, 15) is 0 Å². The maximum atomic E-state index is 5.74. The minimum absolute atomic E-state index is 0.0993. The first-order valence-corrected chi connectivity index (χ1v) is 7.83. The van der Waals surface area contributed by atoms with Crippen molar-refractivity contribution in [2.75, 3.05) is 13.2 Å². The summed E-state index contributed by atoms with van der Waals surface area (Å²) in [4.78, 5) is 0. The van der Waals surface area contributed by atoms with Crippen LogP contribution < -0.4 is 0 Å². The van der Waals surface area contributed by atoms with Gasteiger partial charge in [-0.25, -0.2) is 0 Å². The average molecular weight is 252 g/mol. The summed E-state index contributed by atoms with van der Waals surface area (Å²) < 4.78 is 11.3. The number of rotatable bonds is 7. The van der Waals surface area contributed by atoms with E-state index in [1.807, 2.05) is 0 Å². The van der Waals surface area contributed by atoms with Crippen molar-refractivity contribution in [1.82, 2.24) is 0 Å². The van der Waals surface area contributed by atoms with Crippen LogP contribution in [0.25, 0.3) is 0 Å². The van der Waals surface area contributed by atoms with E-state index >= 15 is 0 Å². The van der Waals surface area contributed by atoms with Crippen molar-refractivity contribution >= 4 is 0 Å². The summed E-state index contributed by atoms with van der Waals surface area (Å²) in [6.45, 7) is 1.77. The zero-order valence-electron chi connectivity index (χ0n) is 11.6. The van der Waals surface area contributed by atoms with E-state index in [2.05, 4.69) is 12.2 Å². The fourth-order valence-electron chi connectivity index (χ4n) is 2.89. The maximum absolute atomic E-state index is 5.74. The zero-order valence-corrected chi connectivity index (χ0v) is 11.6. The van der Waals surface area contributed by atoms with Gasteiger partial charge in [-0.3, -0.25) is 0 Å². The Hall–Kier alpha value is -0.340. The highest BCUT2D eigenvalue weighted by Gasteiger charge is 2.13. The molecule has 1 heterocycles. The van der Waals surface area contributed by atoms with Crippen LogP contribution in [0.1, 0.15) is 64.2 Å². The number of ether oxygens (including phenoxy) is 2. The molecule has 0 aromatic rings. The molecule has 0 amide bonds. The van der Waals surface area contributed by atoms with Crippen LogP contribution in [-0.4, -0.2) is 19.5 Å². The molecule has 2 nitrogen and oxygen atoms in total. The summed E-state index contributed by atoms with van der Waals surface area (Å²) >= 11 is 0. The van der Waals surface area contributed by atoms with E-state index in [1.54, 1.807) is 0 Å². The van der Waals surface area contributed by atoms with Crippen molar-refractivity contribution in [1.29, 1.82) is 0 Å². The summed E-state index contributed by atoms with van der Waals surface area (Å²) in [7, 11) is 0. The van der Waals surface area contributed by atoms with Gasteiger partial charge in [0.15, 0.2) is 6.29 Å². The van der Waals surface area contributed by atoms with Crippen molar-refractivity contribution in [3.8, 4) is 0 Å². The van der Waals surface area contributed by atoms with Crippen molar-refractivity contribution in [3.05, 3.63) is 12.2 Å². The largest absolute Gasteiger partial charge is 0.353 e. The minimum Gasteiger partial charge on any atom is -0.353 e. The van der Waals surface area contributed by atoms with Crippen molar-refractivity contribution in [3.63, 3.8) is 0 Å². The Balaban J connectivity index is 1.40. The molecular formula is C16H28O2. The van der Waals surface area contributed by atoms with Gasteiger partial charge in [-0.1, -0.05) is 31.4 Å². The Morgan fingerprint density at radius 1 is 1.06 bits per heavy atom. The molecular weight excluding hydrogens is 224 g/mol. The first-order valence-electron chi connectivity index (χ1n) is 7.83. The standard InChI is InChI=1S/C16H28O2/c1-3-9-15(10-4-1)11-5-2-7-13-17-16-12-6-8-14-18-16/h1,3,15-16H,2,4-14H2. The molecule has 1 fully saturated rings. The molecule has 2 heteroatoms. The van der Waals surface area contributed by atoms with E-state index in [1.165, 1.54) is 57.8 Å². The second kappa shape index (κ2) is 8.71. The summed E-state index contributed by atoms with van der Waals surface area (Å²) in [5.74, 6) is 0.956. The maximum Gasteiger partial charge on any atom is 0.157 e. The lowest BCUT2D eigenvalue weighted by Crippen LogP contribution is -2.22. The average Bonchev–Trinajstić information content (AvgIpc) is 2.45. The van der Waals surface area contributed by atoms with Gasteiger partial charge in [-0.05, 0) is 50.9 Å². The molecule has 0 bridgehead atoms. The molecule has 0 aromatic carbocycles. The lowest BCUT2D eigenvalue weighted by Gasteiger charge is -2.22. The molecule has 2 atom stereocenters. The molecule has 1 saturated heterocycles. The second-order valence-corrected chi connectivity index (χ2v) is 5.67. The van der Waals surface area contributed by atoms with Crippen molar-refractivity contribution < 1.29 is 9.47 Å². The highest BCUT2D eigenvalue weighted by atomic mass is 16.7. The number of hydrogen-bond acceptors (Lipinski definition) is 2. The van der Waals surface area contributed by atoms with E-state index in [4.69, 9.17) is 9.47 Å². The van der Waals surface area contributed by atoms with Crippen LogP contribution in [0.4, 0.5) is 0 Å². The SMILES string of the molecule is C1=CCC(CCCCCOC2CCCCO2)CC1. The molecule has 2 aliphatic rings. The number of hydrogen-bond donors (Lipinski definition) is 0. The topological polar surface area (TPSA) is 18.5 Å². The predicted molar refractivity (Wildman–Crippen MR) is 74.5 cm³/mol. The number of unbranched alkanes of at least 4 members (excludes halogenated alkanes) is 2. The van der Waals surface area contributed by atoms with Gasteiger partial charge in [0.05, 0.1) is 0 Å². The van der Waals surface area contributed by atoms with Gasteiger partial charge in [0, 0.05) is 13.2 Å². The van der Waals surface area contributed by atoms with E-state index in [0.717, 1.165) is 25.6 Å². The van der Waals surface area contributed by atoms with E-state index < -0.39 is 0 Å². The summed E-state index contributed by atoms with van der Waals surface area (Å²) in [5, 5.41) is 0. The first kappa shape index (κ1) is 14.1. The van der Waals surface area contributed by atoms with Crippen LogP contribution in [0.15, 0.2) is 12.2 Å². The van der Waals surface area contributed by atoms with Gasteiger partial charge in [-0.15, -0.1) is 0 Å². The Morgan fingerprint density at radius 2 is 2.06 bits per heavy atom. The van der Waals surface area contributed by atoms with Crippen LogP contribution in [0.2, 0.25) is 0 Å². The molecule has 0 spiro atoms. The van der Waals surface area contributed by atoms with Gasteiger partial charge in [0.2, 0.25) is 0 Å². The summed E-state index contributed by atoms with van der Waals surface area (Å²) in [5.41, 5.74) is 0. The highest BCUT2D eigenvalue weighted by Crippen LogP contribution is 2.23. The van der Waals surface area contributed by atoms with Gasteiger partial charge < -0.3 is 9.47 Å². The molecule has 18 heavy (non-hydrogen) atoms. The van der Waals surface area contributed by atoms with Gasteiger partial charge in [0.1, 0.15) is 0 Å². The predicted octanol–water partition coefficient (Wildman–Crippen LogP) is 4.45. The second-order valence-electron chi connectivity index (χ2n) is 5.67. The van der Waals surface area contributed by atoms with Crippen LogP contribution in [0.3, 0.4) is 0 Å². The third kappa shape index (κ3) is 5.53. The van der Waals surface area contributed by atoms with Gasteiger partial charge in [0.25, 0.3) is 0 Å². The molecule has 2 rings (SSSR count). The molecule has 1 aliphatic heterocycles. The Bertz CT molecular complexity index is 231. The van der Waals surface area contributed by atoms with Crippen LogP contribution in [0.5, 0.6) is 0 Å². The lowest BCUT2D eigenvalue weighted by molar-refractivity contribution is -0.162. The molecule has 104 valence electrons. The zero-order chi connectivity index (χ0) is 12.5. The molecule has 2 unspecified atom stereocenters. The summed E-state index contributed by atoms with van der Waals surface area (Å²) in [6, 6.07) is 0. The minimum atomic E-state index is 0.0993. The quantitative estimate of drug-likeness (QED) is 0.492. The smallest absolute Gasteiger partial charge is 0.157 e. The van der Waals surface area contributed by atoms with Crippen molar-refractivity contribution in [2.45, 2.75) is 70.5 Å².